The summed E-state index contributed by atoms with van der Waals surface area (Å²) in [7, 11) is 0. The number of halogens is 1. The number of aromatic nitrogens is 1. The van der Waals surface area contributed by atoms with Gasteiger partial charge in [0.15, 0.2) is 0 Å². The fourth-order valence-electron chi connectivity index (χ4n) is 2.33. The second-order valence-electron chi connectivity index (χ2n) is 4.79. The molecule has 1 aliphatic rings. The average molecular weight is 269 g/mol. The number of aryl methyl sites for hydroxylation is 1. The van der Waals surface area contributed by atoms with Crippen molar-refractivity contribution in [3.8, 4) is 0 Å². The number of pyridine rings is 1. The molecule has 0 aromatic carbocycles. The molecule has 1 saturated heterocycles. The number of hydrogen-bond donors (Lipinski definition) is 0. The van der Waals surface area contributed by atoms with Crippen molar-refractivity contribution < 1.29 is 4.74 Å². The minimum absolute atomic E-state index is 0.323. The van der Waals surface area contributed by atoms with E-state index in [4.69, 9.17) is 16.3 Å². The van der Waals surface area contributed by atoms with Crippen molar-refractivity contribution in [2.45, 2.75) is 38.7 Å². The van der Waals surface area contributed by atoms with Gasteiger partial charge in [0.2, 0.25) is 0 Å². The highest BCUT2D eigenvalue weighted by molar-refractivity contribution is 6.17. The fraction of sp³-hybridized carbons (Fsp3) is 0.643. The standard InChI is InChI=1S/C14H21ClN2O/c1-3-13-10-17(5-4-6-18-13)14-7-11(2)16-9-12(14)8-15/h7,9,13H,3-6,8,10H2,1-2H3. The van der Waals surface area contributed by atoms with Gasteiger partial charge in [0.05, 0.1) is 12.0 Å². The van der Waals surface area contributed by atoms with Crippen LogP contribution < -0.4 is 4.90 Å². The molecule has 0 radical (unpaired) electrons. The number of rotatable bonds is 3. The SMILES string of the molecule is CCC1CN(c2cc(C)ncc2CCl)CCCO1. The Balaban J connectivity index is 2.25. The molecule has 3 nitrogen and oxygen atoms in total. The first-order chi connectivity index (χ1) is 8.74. The molecule has 0 spiro atoms. The molecule has 0 bridgehead atoms. The summed E-state index contributed by atoms with van der Waals surface area (Å²) in [5.74, 6) is 0.511. The van der Waals surface area contributed by atoms with Gasteiger partial charge in [-0.1, -0.05) is 6.92 Å². The molecule has 2 rings (SSSR count). The van der Waals surface area contributed by atoms with Gasteiger partial charge < -0.3 is 9.64 Å². The van der Waals surface area contributed by atoms with Gasteiger partial charge in [-0.3, -0.25) is 4.98 Å². The molecule has 18 heavy (non-hydrogen) atoms. The smallest absolute Gasteiger partial charge is 0.0747 e. The first kappa shape index (κ1) is 13.6. The van der Waals surface area contributed by atoms with Crippen molar-refractivity contribution in [3.63, 3.8) is 0 Å². The van der Waals surface area contributed by atoms with Crippen LogP contribution in [0.2, 0.25) is 0 Å². The predicted octanol–water partition coefficient (Wildman–Crippen LogP) is 3.13. The van der Waals surface area contributed by atoms with Crippen molar-refractivity contribution in [2.75, 3.05) is 24.6 Å². The maximum Gasteiger partial charge on any atom is 0.0747 e. The van der Waals surface area contributed by atoms with Gasteiger partial charge in [0.1, 0.15) is 0 Å². The number of hydrogen-bond acceptors (Lipinski definition) is 3. The zero-order valence-corrected chi connectivity index (χ0v) is 11.9. The van der Waals surface area contributed by atoms with Crippen molar-refractivity contribution in [3.05, 3.63) is 23.5 Å². The highest BCUT2D eigenvalue weighted by Gasteiger charge is 2.19. The van der Waals surface area contributed by atoms with Crippen LogP contribution >= 0.6 is 11.6 Å². The topological polar surface area (TPSA) is 25.4 Å². The third-order valence-corrected chi connectivity index (χ3v) is 3.68. The van der Waals surface area contributed by atoms with Gasteiger partial charge in [-0.2, -0.15) is 0 Å². The van der Waals surface area contributed by atoms with Crippen LogP contribution in [-0.2, 0) is 10.6 Å². The van der Waals surface area contributed by atoms with Crippen LogP contribution in [0.3, 0.4) is 0 Å². The molecule has 100 valence electrons. The summed E-state index contributed by atoms with van der Waals surface area (Å²) >= 11 is 6.02. The van der Waals surface area contributed by atoms with E-state index < -0.39 is 0 Å². The van der Waals surface area contributed by atoms with Gasteiger partial charge in [0.25, 0.3) is 0 Å². The quantitative estimate of drug-likeness (QED) is 0.788. The van der Waals surface area contributed by atoms with Crippen molar-refractivity contribution in [1.82, 2.24) is 4.98 Å². The van der Waals surface area contributed by atoms with Crippen molar-refractivity contribution >= 4 is 17.3 Å². The Hall–Kier alpha value is -0.800. The lowest BCUT2D eigenvalue weighted by atomic mass is 10.1. The Bertz CT molecular complexity index is 397. The predicted molar refractivity (Wildman–Crippen MR) is 75.4 cm³/mol. The Labute approximate surface area is 114 Å². The van der Waals surface area contributed by atoms with E-state index in [1.165, 1.54) is 5.69 Å². The lowest BCUT2D eigenvalue weighted by molar-refractivity contribution is 0.0664. The summed E-state index contributed by atoms with van der Waals surface area (Å²) in [5.41, 5.74) is 3.37. The summed E-state index contributed by atoms with van der Waals surface area (Å²) in [5, 5.41) is 0. The van der Waals surface area contributed by atoms with Crippen LogP contribution in [0.1, 0.15) is 31.0 Å². The molecule has 1 fully saturated rings. The van der Waals surface area contributed by atoms with E-state index >= 15 is 0 Å². The van der Waals surface area contributed by atoms with Crippen LogP contribution in [0.25, 0.3) is 0 Å². The highest BCUT2D eigenvalue weighted by atomic mass is 35.5. The highest BCUT2D eigenvalue weighted by Crippen LogP contribution is 2.25. The molecule has 2 heterocycles. The second kappa shape index (κ2) is 6.39. The third-order valence-electron chi connectivity index (χ3n) is 3.39. The van der Waals surface area contributed by atoms with Gasteiger partial charge in [-0.05, 0) is 25.8 Å². The molecule has 1 unspecified atom stereocenters. The number of ether oxygens (including phenoxy) is 1. The summed E-state index contributed by atoms with van der Waals surface area (Å²) in [6.07, 6.45) is 4.34. The van der Waals surface area contributed by atoms with Crippen LogP contribution in [0, 0.1) is 6.92 Å². The normalized spacial score (nSPS) is 20.8. The van der Waals surface area contributed by atoms with E-state index in [1.54, 1.807) is 0 Å². The van der Waals surface area contributed by atoms with Gasteiger partial charge in [-0.25, -0.2) is 0 Å². The molecule has 0 aliphatic carbocycles. The summed E-state index contributed by atoms with van der Waals surface area (Å²) in [6.45, 7) is 7.03. The van der Waals surface area contributed by atoms with E-state index in [0.717, 1.165) is 43.8 Å². The van der Waals surface area contributed by atoms with E-state index in [9.17, 15) is 0 Å². The Kier molecular flexibility index (Phi) is 4.84. The van der Waals surface area contributed by atoms with Crippen molar-refractivity contribution in [1.29, 1.82) is 0 Å². The Morgan fingerprint density at radius 3 is 3.11 bits per heavy atom. The van der Waals surface area contributed by atoms with E-state index in [0.29, 0.717) is 12.0 Å². The fourth-order valence-corrected chi connectivity index (χ4v) is 2.54. The molecule has 1 aromatic heterocycles. The van der Waals surface area contributed by atoms with Crippen LogP contribution in [0.5, 0.6) is 0 Å². The molecular formula is C14H21ClN2O. The Morgan fingerprint density at radius 1 is 1.56 bits per heavy atom. The minimum atomic E-state index is 0.323. The first-order valence-corrected chi connectivity index (χ1v) is 7.16. The summed E-state index contributed by atoms with van der Waals surface area (Å²) in [4.78, 5) is 6.72. The monoisotopic (exact) mass is 268 g/mol. The van der Waals surface area contributed by atoms with E-state index in [2.05, 4.69) is 22.9 Å². The molecule has 1 atom stereocenters. The second-order valence-corrected chi connectivity index (χ2v) is 5.06. The zero-order valence-electron chi connectivity index (χ0n) is 11.2. The average Bonchev–Trinajstić information content (AvgIpc) is 2.64. The number of anilines is 1. The van der Waals surface area contributed by atoms with Crippen LogP contribution in [0.15, 0.2) is 12.3 Å². The number of nitrogens with zero attached hydrogens (tertiary/aromatic N) is 2. The van der Waals surface area contributed by atoms with Gasteiger partial charge in [0, 0.05) is 42.8 Å². The third kappa shape index (κ3) is 3.15. The largest absolute Gasteiger partial charge is 0.376 e. The maximum absolute atomic E-state index is 6.02. The minimum Gasteiger partial charge on any atom is -0.376 e. The summed E-state index contributed by atoms with van der Waals surface area (Å²) in [6, 6.07) is 2.13. The lowest BCUT2D eigenvalue weighted by Gasteiger charge is -2.27. The molecule has 1 aromatic rings. The van der Waals surface area contributed by atoms with E-state index in [1.807, 2.05) is 13.1 Å². The lowest BCUT2D eigenvalue weighted by Crippen LogP contribution is -2.32. The van der Waals surface area contributed by atoms with Gasteiger partial charge in [-0.15, -0.1) is 11.6 Å². The molecule has 4 heteroatoms. The zero-order chi connectivity index (χ0) is 13.0. The molecule has 1 aliphatic heterocycles. The van der Waals surface area contributed by atoms with Crippen LogP contribution in [0.4, 0.5) is 5.69 Å². The number of alkyl halides is 1. The van der Waals surface area contributed by atoms with Crippen LogP contribution in [-0.4, -0.2) is 30.8 Å². The molecule has 0 saturated carbocycles. The van der Waals surface area contributed by atoms with Crippen molar-refractivity contribution in [2.24, 2.45) is 0 Å². The Morgan fingerprint density at radius 2 is 2.39 bits per heavy atom. The molecule has 0 amide bonds. The first-order valence-electron chi connectivity index (χ1n) is 6.62. The molecule has 0 N–H and O–H groups in total. The van der Waals surface area contributed by atoms with E-state index in [-0.39, 0.29) is 0 Å². The van der Waals surface area contributed by atoms with Gasteiger partial charge >= 0.3 is 0 Å². The molecular weight excluding hydrogens is 248 g/mol. The summed E-state index contributed by atoms with van der Waals surface area (Å²) < 4.78 is 5.82. The maximum atomic E-state index is 6.02.